The minimum absolute atomic E-state index is 0.0403. The minimum Gasteiger partial charge on any atom is -0.497 e. The van der Waals surface area contributed by atoms with Crippen molar-refractivity contribution in [1.82, 2.24) is 14.9 Å². The maximum atomic E-state index is 12.5. The van der Waals surface area contributed by atoms with Crippen molar-refractivity contribution in [1.29, 1.82) is 0 Å². The van der Waals surface area contributed by atoms with Crippen LogP contribution in [0.1, 0.15) is 61.3 Å². The van der Waals surface area contributed by atoms with Crippen molar-refractivity contribution in [3.8, 4) is 17.0 Å². The molecule has 0 radical (unpaired) electrons. The Hall–Kier alpha value is -3.39. The van der Waals surface area contributed by atoms with Crippen LogP contribution >= 0.6 is 0 Å². The lowest BCUT2D eigenvalue weighted by molar-refractivity contribution is -0.00778. The van der Waals surface area contributed by atoms with E-state index in [0.717, 1.165) is 34.9 Å². The summed E-state index contributed by atoms with van der Waals surface area (Å²) in [6.45, 7) is 14.7. The molecule has 8 nitrogen and oxygen atoms in total. The number of hydrogen-bond donors (Lipinski definition) is 2. The maximum Gasteiger partial charge on any atom is 0.412 e. The van der Waals surface area contributed by atoms with Gasteiger partial charge in [-0.3, -0.25) is 9.80 Å². The molecule has 0 bridgehead atoms. The predicted octanol–water partition coefficient (Wildman–Crippen LogP) is 6.65. The molecule has 204 valence electrons. The second kappa shape index (κ2) is 9.73. The van der Waals surface area contributed by atoms with Gasteiger partial charge in [-0.2, -0.15) is 0 Å². The first-order valence-electron chi connectivity index (χ1n) is 13.1. The molecule has 1 amide bonds. The molecule has 2 aromatic carbocycles. The first-order valence-corrected chi connectivity index (χ1v) is 13.1. The molecule has 38 heavy (non-hydrogen) atoms. The van der Waals surface area contributed by atoms with Crippen LogP contribution < -0.4 is 15.0 Å². The number of carbonyl (C=O) groups is 1. The van der Waals surface area contributed by atoms with Crippen molar-refractivity contribution >= 4 is 28.5 Å². The van der Waals surface area contributed by atoms with Crippen LogP contribution in [0.2, 0.25) is 0 Å². The summed E-state index contributed by atoms with van der Waals surface area (Å²) in [4.78, 5) is 25.7. The SMILES string of the molecule is COc1ccc2cc(-c3ccnc(NC4CC(C)(C)N(C)C(C)(C)C4)n3)cc(N(C(=O)O)C(C)(C)C)c2c1. The maximum absolute atomic E-state index is 12.5. The number of likely N-dealkylation sites (tertiary alicyclic amines) is 1. The van der Waals surface area contributed by atoms with Crippen LogP contribution in [0.5, 0.6) is 5.75 Å². The third kappa shape index (κ3) is 5.41. The highest BCUT2D eigenvalue weighted by molar-refractivity contribution is 6.04. The molecule has 0 saturated carbocycles. The van der Waals surface area contributed by atoms with Crippen molar-refractivity contribution in [3.63, 3.8) is 0 Å². The van der Waals surface area contributed by atoms with Gasteiger partial charge in [0.15, 0.2) is 0 Å². The van der Waals surface area contributed by atoms with Crippen LogP contribution in [0.15, 0.2) is 42.6 Å². The van der Waals surface area contributed by atoms with Crippen molar-refractivity contribution in [3.05, 3.63) is 42.6 Å². The second-order valence-electron chi connectivity index (χ2n) is 12.6. The van der Waals surface area contributed by atoms with Gasteiger partial charge in [-0.05, 0) is 104 Å². The molecule has 1 saturated heterocycles. The number of hydrogen-bond acceptors (Lipinski definition) is 6. The molecule has 2 heterocycles. The minimum atomic E-state index is -1.02. The lowest BCUT2D eigenvalue weighted by atomic mass is 9.77. The highest BCUT2D eigenvalue weighted by Gasteiger charge is 2.43. The number of nitrogens with one attached hydrogen (secondary N) is 1. The normalized spacial score (nSPS) is 17.8. The Bertz CT molecular complexity index is 1330. The zero-order valence-corrected chi connectivity index (χ0v) is 24.1. The number of benzene rings is 2. The van der Waals surface area contributed by atoms with Crippen LogP contribution in [0.3, 0.4) is 0 Å². The van der Waals surface area contributed by atoms with E-state index in [1.165, 1.54) is 4.90 Å². The van der Waals surface area contributed by atoms with Crippen LogP contribution in [0.4, 0.5) is 16.4 Å². The van der Waals surface area contributed by atoms with Crippen molar-refractivity contribution in [2.24, 2.45) is 0 Å². The Balaban J connectivity index is 1.77. The van der Waals surface area contributed by atoms with Crippen molar-refractivity contribution in [2.75, 3.05) is 24.4 Å². The molecule has 0 spiro atoms. The second-order valence-corrected chi connectivity index (χ2v) is 12.6. The van der Waals surface area contributed by atoms with Crippen LogP contribution in [-0.4, -0.2) is 62.9 Å². The summed E-state index contributed by atoms with van der Waals surface area (Å²) < 4.78 is 5.44. The third-order valence-electron chi connectivity index (χ3n) is 7.84. The van der Waals surface area contributed by atoms with E-state index in [2.05, 4.69) is 49.9 Å². The summed E-state index contributed by atoms with van der Waals surface area (Å²) in [6, 6.07) is 11.7. The fourth-order valence-corrected chi connectivity index (χ4v) is 5.77. The topological polar surface area (TPSA) is 90.8 Å². The largest absolute Gasteiger partial charge is 0.497 e. The molecule has 1 aliphatic heterocycles. The predicted molar refractivity (Wildman–Crippen MR) is 154 cm³/mol. The van der Waals surface area contributed by atoms with E-state index >= 15 is 0 Å². The molecule has 0 aliphatic carbocycles. The monoisotopic (exact) mass is 519 g/mol. The average molecular weight is 520 g/mol. The summed E-state index contributed by atoms with van der Waals surface area (Å²) in [7, 11) is 3.80. The smallest absolute Gasteiger partial charge is 0.412 e. The third-order valence-corrected chi connectivity index (χ3v) is 7.84. The summed E-state index contributed by atoms with van der Waals surface area (Å²) in [5, 5.41) is 15.5. The molecule has 0 unspecified atom stereocenters. The van der Waals surface area contributed by atoms with Gasteiger partial charge >= 0.3 is 6.09 Å². The molecule has 1 aliphatic rings. The van der Waals surface area contributed by atoms with E-state index < -0.39 is 11.6 Å². The Kier molecular flexibility index (Phi) is 7.08. The molecule has 8 heteroatoms. The Morgan fingerprint density at radius 3 is 2.34 bits per heavy atom. The number of anilines is 2. The zero-order chi connectivity index (χ0) is 28.0. The number of amides is 1. The van der Waals surface area contributed by atoms with Crippen LogP contribution in [0.25, 0.3) is 22.0 Å². The number of aromatic nitrogens is 2. The van der Waals surface area contributed by atoms with Gasteiger partial charge < -0.3 is 15.2 Å². The van der Waals surface area contributed by atoms with Gasteiger partial charge in [0.2, 0.25) is 5.95 Å². The molecule has 1 aromatic heterocycles. The van der Waals surface area contributed by atoms with E-state index in [-0.39, 0.29) is 17.1 Å². The summed E-state index contributed by atoms with van der Waals surface area (Å²) in [5.74, 6) is 1.24. The molecule has 2 N–H and O–H groups in total. The fourth-order valence-electron chi connectivity index (χ4n) is 5.77. The lowest BCUT2D eigenvalue weighted by Crippen LogP contribution is -2.61. The van der Waals surface area contributed by atoms with Crippen molar-refractivity contribution < 1.29 is 14.6 Å². The van der Waals surface area contributed by atoms with E-state index in [1.807, 2.05) is 57.2 Å². The van der Waals surface area contributed by atoms with Gasteiger partial charge in [0.05, 0.1) is 18.5 Å². The van der Waals surface area contributed by atoms with Gasteiger partial charge in [0, 0.05) is 39.8 Å². The number of nitrogens with zero attached hydrogens (tertiary/aromatic N) is 4. The summed E-state index contributed by atoms with van der Waals surface area (Å²) >= 11 is 0. The number of methoxy groups -OCH3 is 1. The van der Waals surface area contributed by atoms with Gasteiger partial charge in [-0.1, -0.05) is 6.07 Å². The van der Waals surface area contributed by atoms with Crippen molar-refractivity contribution in [2.45, 2.75) is 84.0 Å². The van der Waals surface area contributed by atoms with E-state index in [9.17, 15) is 9.90 Å². The number of piperidine rings is 1. The summed E-state index contributed by atoms with van der Waals surface area (Å²) in [5.41, 5.74) is 1.56. The van der Waals surface area contributed by atoms with E-state index in [1.54, 1.807) is 13.3 Å². The fraction of sp³-hybridized carbons (Fsp3) is 0.500. The molecule has 1 fully saturated rings. The summed E-state index contributed by atoms with van der Waals surface area (Å²) in [6.07, 6.45) is 2.69. The molecular formula is C30H41N5O3. The molecule has 3 aromatic rings. The Morgan fingerprint density at radius 1 is 1.11 bits per heavy atom. The van der Waals surface area contributed by atoms with Gasteiger partial charge in [0.1, 0.15) is 5.75 Å². The molecule has 4 rings (SSSR count). The molecular weight excluding hydrogens is 478 g/mol. The standard InChI is InChI=1S/C30H41N5O3/c1-28(2,3)35(27(36)37)25-15-20(14-19-10-11-22(38-9)16-23(19)25)24-12-13-31-26(33-24)32-21-17-29(4,5)34(8)30(6,7)18-21/h10-16,21H,17-18H2,1-9H3,(H,36,37)(H,31,32,33). The first-order chi connectivity index (χ1) is 17.6. The first kappa shape index (κ1) is 27.6. The Labute approximate surface area is 226 Å². The quantitative estimate of drug-likeness (QED) is 0.390. The van der Waals surface area contributed by atoms with Crippen LogP contribution in [-0.2, 0) is 0 Å². The van der Waals surface area contributed by atoms with Gasteiger partial charge in [-0.25, -0.2) is 14.8 Å². The van der Waals surface area contributed by atoms with Gasteiger partial charge in [-0.15, -0.1) is 0 Å². The Morgan fingerprint density at radius 2 is 1.76 bits per heavy atom. The zero-order valence-electron chi connectivity index (χ0n) is 24.1. The van der Waals surface area contributed by atoms with Crippen LogP contribution in [0, 0.1) is 0 Å². The molecule has 0 atom stereocenters. The number of fused-ring (bicyclic) bond motifs is 1. The highest BCUT2D eigenvalue weighted by atomic mass is 16.5. The number of ether oxygens (including phenoxy) is 1. The lowest BCUT2D eigenvalue weighted by Gasteiger charge is -2.53. The van der Waals surface area contributed by atoms with Gasteiger partial charge in [0.25, 0.3) is 0 Å². The highest BCUT2D eigenvalue weighted by Crippen LogP contribution is 2.39. The number of carboxylic acid groups (broad SMARTS) is 1. The van der Waals surface area contributed by atoms with E-state index in [4.69, 9.17) is 9.72 Å². The average Bonchev–Trinajstić information content (AvgIpc) is 2.81. The van der Waals surface area contributed by atoms with E-state index in [0.29, 0.717) is 17.4 Å². The number of rotatable bonds is 5.